The molecule has 2 heterocycles. The van der Waals surface area contributed by atoms with Crippen molar-refractivity contribution < 1.29 is 4.79 Å². The van der Waals surface area contributed by atoms with Crippen LogP contribution in [0.2, 0.25) is 0 Å². The summed E-state index contributed by atoms with van der Waals surface area (Å²) in [6.45, 7) is 0. The van der Waals surface area contributed by atoms with Crippen LogP contribution in [0.15, 0.2) is 15.9 Å². The van der Waals surface area contributed by atoms with Crippen molar-refractivity contribution in [3.63, 3.8) is 0 Å². The van der Waals surface area contributed by atoms with Gasteiger partial charge >= 0.3 is 5.69 Å². The summed E-state index contributed by atoms with van der Waals surface area (Å²) in [6, 6.07) is 0. The van der Waals surface area contributed by atoms with Crippen LogP contribution in [0, 0.1) is 0 Å². The number of carbonyl (C=O) groups is 1. The third kappa shape index (κ3) is 1.72. The summed E-state index contributed by atoms with van der Waals surface area (Å²) in [6.07, 6.45) is 1.64. The predicted octanol–water partition coefficient (Wildman–Crippen LogP) is -1.94. The number of amides is 1. The fraction of sp³-hybridized carbons (Fsp3) is 0.250. The van der Waals surface area contributed by atoms with Crippen molar-refractivity contribution in [2.45, 2.75) is 0 Å². The molecule has 0 fully saturated rings. The van der Waals surface area contributed by atoms with Crippen molar-refractivity contribution in [3.8, 4) is 0 Å². The minimum absolute atomic E-state index is 0.250. The van der Waals surface area contributed by atoms with Gasteiger partial charge in [-0.1, -0.05) is 0 Å². The Labute approximate surface area is 89.3 Å². The molecule has 0 saturated heterocycles. The Morgan fingerprint density at radius 3 is 2.50 bits per heavy atom. The number of carbonyl (C=O) groups excluding carboxylic acids is 1. The van der Waals surface area contributed by atoms with Crippen molar-refractivity contribution in [2.24, 2.45) is 19.8 Å². The van der Waals surface area contributed by atoms with Crippen molar-refractivity contribution in [1.29, 1.82) is 0 Å². The van der Waals surface area contributed by atoms with Crippen LogP contribution in [-0.2, 0) is 18.9 Å². The van der Waals surface area contributed by atoms with Crippen LogP contribution in [0.3, 0.4) is 0 Å². The largest absolute Gasteiger partial charge is 0.372 e. The summed E-state index contributed by atoms with van der Waals surface area (Å²) in [5.74, 6) is 0. The van der Waals surface area contributed by atoms with Gasteiger partial charge in [-0.25, -0.2) is 9.78 Å². The maximum atomic E-state index is 11.4. The molecule has 8 heteroatoms. The summed E-state index contributed by atoms with van der Waals surface area (Å²) in [7, 11) is 3.01. The third-order valence-corrected chi connectivity index (χ3v) is 2.03. The first-order chi connectivity index (χ1) is 7.54. The molecule has 0 aromatic carbocycles. The molecule has 0 aliphatic carbocycles. The topological polar surface area (TPSA) is 116 Å². The molecule has 0 aliphatic heterocycles. The SMILES string of the molecule is Cn1c(=O)c2[nH]cnc2n(C)c1=O.NC=O. The number of fused-ring (bicyclic) bond motifs is 1. The van der Waals surface area contributed by atoms with E-state index in [0.29, 0.717) is 11.2 Å². The fourth-order valence-electron chi connectivity index (χ4n) is 1.27. The lowest BCUT2D eigenvalue weighted by Gasteiger charge is -2.00. The van der Waals surface area contributed by atoms with Crippen LogP contribution in [-0.4, -0.2) is 25.5 Å². The van der Waals surface area contributed by atoms with Crippen molar-refractivity contribution in [2.75, 3.05) is 0 Å². The first-order valence-corrected chi connectivity index (χ1v) is 4.29. The number of nitrogens with zero attached hydrogens (tertiary/aromatic N) is 3. The molecule has 16 heavy (non-hydrogen) atoms. The number of rotatable bonds is 0. The monoisotopic (exact) mass is 225 g/mol. The summed E-state index contributed by atoms with van der Waals surface area (Å²) < 4.78 is 2.37. The maximum Gasteiger partial charge on any atom is 0.332 e. The van der Waals surface area contributed by atoms with Crippen LogP contribution in [0.4, 0.5) is 0 Å². The molecule has 0 radical (unpaired) electrons. The second-order valence-corrected chi connectivity index (χ2v) is 2.94. The molecule has 0 saturated carbocycles. The van der Waals surface area contributed by atoms with E-state index < -0.39 is 0 Å². The summed E-state index contributed by atoms with van der Waals surface area (Å²) in [5, 5.41) is 0. The van der Waals surface area contributed by atoms with Gasteiger partial charge in [-0.15, -0.1) is 0 Å². The van der Waals surface area contributed by atoms with E-state index in [1.54, 1.807) is 7.05 Å². The number of aromatic amines is 1. The zero-order valence-corrected chi connectivity index (χ0v) is 8.80. The Bertz CT molecular complexity index is 621. The molecular formula is C8H11N5O3. The van der Waals surface area contributed by atoms with E-state index in [1.165, 1.54) is 17.9 Å². The fourth-order valence-corrected chi connectivity index (χ4v) is 1.27. The van der Waals surface area contributed by atoms with Crippen LogP contribution < -0.4 is 17.0 Å². The summed E-state index contributed by atoms with van der Waals surface area (Å²) in [5.41, 5.74) is 4.18. The minimum atomic E-state index is -0.371. The number of hydrogen-bond donors (Lipinski definition) is 2. The first-order valence-electron chi connectivity index (χ1n) is 4.29. The van der Waals surface area contributed by atoms with Crippen LogP contribution in [0.5, 0.6) is 0 Å². The molecule has 0 unspecified atom stereocenters. The van der Waals surface area contributed by atoms with Crippen LogP contribution in [0.1, 0.15) is 0 Å². The van der Waals surface area contributed by atoms with E-state index >= 15 is 0 Å². The molecule has 86 valence electrons. The Hall–Kier alpha value is -2.38. The molecular weight excluding hydrogens is 214 g/mol. The molecule has 8 nitrogen and oxygen atoms in total. The molecule has 2 aromatic heterocycles. The number of imidazole rings is 1. The lowest BCUT2D eigenvalue weighted by atomic mass is 10.5. The normalized spacial score (nSPS) is 9.62. The number of nitrogens with two attached hydrogens (primary N) is 1. The van der Waals surface area contributed by atoms with E-state index in [4.69, 9.17) is 4.79 Å². The number of nitrogens with one attached hydrogen (secondary N) is 1. The highest BCUT2D eigenvalue weighted by Crippen LogP contribution is 1.97. The molecule has 0 aliphatic rings. The molecule has 0 spiro atoms. The lowest BCUT2D eigenvalue weighted by molar-refractivity contribution is -0.106. The zero-order chi connectivity index (χ0) is 12.3. The van der Waals surface area contributed by atoms with Crippen LogP contribution in [0.25, 0.3) is 11.2 Å². The zero-order valence-electron chi connectivity index (χ0n) is 8.80. The van der Waals surface area contributed by atoms with Gasteiger partial charge in [0, 0.05) is 14.1 Å². The van der Waals surface area contributed by atoms with Gasteiger partial charge in [-0.05, 0) is 0 Å². The van der Waals surface area contributed by atoms with Gasteiger partial charge in [-0.2, -0.15) is 0 Å². The molecule has 0 bridgehead atoms. The Kier molecular flexibility index (Phi) is 3.24. The van der Waals surface area contributed by atoms with Crippen molar-refractivity contribution in [1.82, 2.24) is 19.1 Å². The average molecular weight is 225 g/mol. The van der Waals surface area contributed by atoms with E-state index in [2.05, 4.69) is 15.7 Å². The number of aryl methyl sites for hydroxylation is 1. The van der Waals surface area contributed by atoms with E-state index in [9.17, 15) is 9.59 Å². The van der Waals surface area contributed by atoms with Crippen molar-refractivity contribution in [3.05, 3.63) is 27.2 Å². The number of primary amides is 1. The van der Waals surface area contributed by atoms with Gasteiger partial charge in [0.15, 0.2) is 5.65 Å². The highest BCUT2D eigenvalue weighted by atomic mass is 16.2. The molecule has 1 amide bonds. The molecule has 3 N–H and O–H groups in total. The van der Waals surface area contributed by atoms with E-state index in [1.807, 2.05) is 0 Å². The van der Waals surface area contributed by atoms with Gasteiger partial charge in [0.05, 0.1) is 6.33 Å². The van der Waals surface area contributed by atoms with Crippen molar-refractivity contribution >= 4 is 17.6 Å². The van der Waals surface area contributed by atoms with E-state index in [-0.39, 0.29) is 17.7 Å². The Morgan fingerprint density at radius 2 is 1.94 bits per heavy atom. The molecule has 2 rings (SSSR count). The van der Waals surface area contributed by atoms with Gasteiger partial charge < -0.3 is 10.7 Å². The smallest absolute Gasteiger partial charge is 0.332 e. The minimum Gasteiger partial charge on any atom is -0.372 e. The van der Waals surface area contributed by atoms with Gasteiger partial charge in [0.2, 0.25) is 6.41 Å². The van der Waals surface area contributed by atoms with E-state index in [0.717, 1.165) is 4.57 Å². The highest BCUT2D eigenvalue weighted by molar-refractivity contribution is 5.68. The third-order valence-electron chi connectivity index (χ3n) is 2.03. The highest BCUT2D eigenvalue weighted by Gasteiger charge is 2.08. The predicted molar refractivity (Wildman–Crippen MR) is 56.8 cm³/mol. The summed E-state index contributed by atoms with van der Waals surface area (Å²) >= 11 is 0. The second kappa shape index (κ2) is 4.43. The number of hydrogen-bond acceptors (Lipinski definition) is 4. The first kappa shape index (κ1) is 11.7. The molecule has 2 aromatic rings. The molecule has 0 atom stereocenters. The van der Waals surface area contributed by atoms with Crippen LogP contribution >= 0.6 is 0 Å². The lowest BCUT2D eigenvalue weighted by Crippen LogP contribution is -2.36. The Balaban J connectivity index is 0.000000386. The summed E-state index contributed by atoms with van der Waals surface area (Å²) in [4.78, 5) is 38.0. The Morgan fingerprint density at radius 1 is 1.38 bits per heavy atom. The second-order valence-electron chi connectivity index (χ2n) is 2.94. The standard InChI is InChI=1S/C7H8N4O2.CH3NO/c1-10-5-4(8-3-9-5)6(12)11(2)7(10)13;2-1-3/h3H,1-2H3,(H,8,9);1H,(H2,2,3). The van der Waals surface area contributed by atoms with Gasteiger partial charge in [0.1, 0.15) is 5.52 Å². The van der Waals surface area contributed by atoms with Gasteiger partial charge in [0.25, 0.3) is 5.56 Å². The average Bonchev–Trinajstić information content (AvgIpc) is 2.73. The maximum absolute atomic E-state index is 11.4. The number of H-pyrrole nitrogens is 1. The van der Waals surface area contributed by atoms with Gasteiger partial charge in [-0.3, -0.25) is 18.7 Å². The quantitative estimate of drug-likeness (QED) is 0.507. The number of aromatic nitrogens is 4.